The van der Waals surface area contributed by atoms with E-state index in [1.807, 2.05) is 31.2 Å². The average molecular weight is 484 g/mol. The van der Waals surface area contributed by atoms with Gasteiger partial charge in [0.15, 0.2) is 0 Å². The number of rotatable bonds is 7. The number of carboxylic acids is 1. The molecule has 1 aliphatic rings. The van der Waals surface area contributed by atoms with Crippen LogP contribution in [0.5, 0.6) is 5.75 Å². The van der Waals surface area contributed by atoms with E-state index in [4.69, 9.17) is 27.9 Å². The van der Waals surface area contributed by atoms with Gasteiger partial charge >= 0.3 is 5.97 Å². The Kier molecular flexibility index (Phi) is 6.63. The summed E-state index contributed by atoms with van der Waals surface area (Å²) in [6.07, 6.45) is 1.30. The fourth-order valence-corrected chi connectivity index (χ4v) is 4.53. The Balaban J connectivity index is 1.53. The zero-order chi connectivity index (χ0) is 23.6. The molecule has 1 aliphatic heterocycles. The summed E-state index contributed by atoms with van der Waals surface area (Å²) in [4.78, 5) is 26.0. The number of ether oxygens (including phenoxy) is 1. The van der Waals surface area contributed by atoms with E-state index in [2.05, 4.69) is 0 Å². The van der Waals surface area contributed by atoms with Gasteiger partial charge in [-0.2, -0.15) is 0 Å². The Morgan fingerprint density at radius 2 is 1.76 bits per heavy atom. The number of fused-ring (bicyclic) bond motifs is 1. The zero-order valence-electron chi connectivity index (χ0n) is 18.1. The third-order valence-corrected chi connectivity index (χ3v) is 6.08. The molecule has 0 saturated heterocycles. The Hall–Kier alpha value is -3.02. The third-order valence-electron chi connectivity index (χ3n) is 5.60. The monoisotopic (exact) mass is 483 g/mol. The second-order valence-corrected chi connectivity index (χ2v) is 9.41. The standard InChI is InChI=1S/C26H23Cl2NO4/c1-26(13-18-3-2-4-22(28)11-18)14-20-12-19(7-10-23(20)33-26)25(32)29(16-24(30)31)15-17-5-8-21(27)9-6-17/h2-12H,13-16H2,1H3,(H,30,31). The van der Waals surface area contributed by atoms with Crippen molar-refractivity contribution >= 4 is 35.1 Å². The highest BCUT2D eigenvalue weighted by atomic mass is 35.5. The number of hydrogen-bond donors (Lipinski definition) is 1. The van der Waals surface area contributed by atoms with Crippen LogP contribution in [0, 0.1) is 0 Å². The van der Waals surface area contributed by atoms with E-state index in [9.17, 15) is 14.7 Å². The van der Waals surface area contributed by atoms with E-state index >= 15 is 0 Å². The topological polar surface area (TPSA) is 66.8 Å². The predicted molar refractivity (Wildman–Crippen MR) is 128 cm³/mol. The first-order valence-electron chi connectivity index (χ1n) is 10.5. The van der Waals surface area contributed by atoms with E-state index in [0.717, 1.165) is 22.4 Å². The van der Waals surface area contributed by atoms with Crippen LogP contribution >= 0.6 is 23.2 Å². The number of benzene rings is 3. The van der Waals surface area contributed by atoms with Crippen molar-refractivity contribution < 1.29 is 19.4 Å². The Morgan fingerprint density at radius 3 is 2.45 bits per heavy atom. The molecule has 33 heavy (non-hydrogen) atoms. The van der Waals surface area contributed by atoms with Crippen LogP contribution in [0.1, 0.15) is 34.0 Å². The molecule has 3 aromatic rings. The molecule has 1 N–H and O–H groups in total. The van der Waals surface area contributed by atoms with Crippen molar-refractivity contribution in [2.24, 2.45) is 0 Å². The van der Waals surface area contributed by atoms with Crippen molar-refractivity contribution in [1.82, 2.24) is 4.90 Å². The highest BCUT2D eigenvalue weighted by Gasteiger charge is 2.35. The molecule has 3 aromatic carbocycles. The molecule has 1 heterocycles. The average Bonchev–Trinajstić information content (AvgIpc) is 3.08. The van der Waals surface area contributed by atoms with E-state index in [1.54, 1.807) is 42.5 Å². The summed E-state index contributed by atoms with van der Waals surface area (Å²) in [6, 6.07) is 20.0. The van der Waals surface area contributed by atoms with Gasteiger partial charge in [-0.05, 0) is 66.1 Å². The van der Waals surface area contributed by atoms with Crippen molar-refractivity contribution in [3.8, 4) is 5.75 Å². The third kappa shape index (κ3) is 5.67. The van der Waals surface area contributed by atoms with E-state index in [-0.39, 0.29) is 12.5 Å². The predicted octanol–water partition coefficient (Wildman–Crippen LogP) is 5.66. The number of carbonyl (C=O) groups is 2. The van der Waals surface area contributed by atoms with Crippen molar-refractivity contribution in [1.29, 1.82) is 0 Å². The first-order valence-corrected chi connectivity index (χ1v) is 11.3. The van der Waals surface area contributed by atoms with Gasteiger partial charge in [0.1, 0.15) is 17.9 Å². The normalized spacial score (nSPS) is 16.7. The van der Waals surface area contributed by atoms with Gasteiger partial charge in [0.05, 0.1) is 0 Å². The van der Waals surface area contributed by atoms with Gasteiger partial charge in [-0.25, -0.2) is 0 Å². The van der Waals surface area contributed by atoms with Crippen LogP contribution in [0.4, 0.5) is 0 Å². The summed E-state index contributed by atoms with van der Waals surface area (Å²) < 4.78 is 6.23. The molecule has 0 saturated carbocycles. The van der Waals surface area contributed by atoms with E-state index in [0.29, 0.717) is 28.5 Å². The summed E-state index contributed by atoms with van der Waals surface area (Å²) in [5.74, 6) is -0.687. The van der Waals surface area contributed by atoms with E-state index in [1.165, 1.54) is 4.90 Å². The second kappa shape index (κ2) is 9.46. The molecule has 0 bridgehead atoms. The smallest absolute Gasteiger partial charge is 0.323 e. The lowest BCUT2D eigenvalue weighted by Crippen LogP contribution is -2.35. The summed E-state index contributed by atoms with van der Waals surface area (Å²) in [7, 11) is 0. The van der Waals surface area contributed by atoms with Gasteiger partial charge in [0.2, 0.25) is 0 Å². The molecule has 0 radical (unpaired) electrons. The lowest BCUT2D eigenvalue weighted by Gasteiger charge is -2.24. The van der Waals surface area contributed by atoms with Crippen molar-refractivity contribution in [2.45, 2.75) is 31.9 Å². The molecule has 7 heteroatoms. The van der Waals surface area contributed by atoms with Crippen LogP contribution in [-0.2, 0) is 24.2 Å². The molecule has 1 unspecified atom stereocenters. The molecule has 1 atom stereocenters. The second-order valence-electron chi connectivity index (χ2n) is 8.54. The number of carbonyl (C=O) groups excluding carboxylic acids is 1. The fraction of sp³-hybridized carbons (Fsp3) is 0.231. The summed E-state index contributed by atoms with van der Waals surface area (Å²) >= 11 is 12.1. The number of halogens is 2. The largest absolute Gasteiger partial charge is 0.487 e. The number of hydrogen-bond acceptors (Lipinski definition) is 3. The van der Waals surface area contributed by atoms with Gasteiger partial charge in [-0.1, -0.05) is 47.5 Å². The first-order chi connectivity index (χ1) is 15.7. The number of amides is 1. The Bertz CT molecular complexity index is 1200. The lowest BCUT2D eigenvalue weighted by molar-refractivity contribution is -0.137. The quantitative estimate of drug-likeness (QED) is 0.470. The van der Waals surface area contributed by atoms with Crippen molar-refractivity contribution in [2.75, 3.05) is 6.54 Å². The molecule has 4 rings (SSSR count). The van der Waals surface area contributed by atoms with E-state index < -0.39 is 18.1 Å². The van der Waals surface area contributed by atoms with Gasteiger partial charge in [-0.3, -0.25) is 9.59 Å². The van der Waals surface area contributed by atoms with Gasteiger partial charge in [0.25, 0.3) is 5.91 Å². The van der Waals surface area contributed by atoms with Crippen LogP contribution in [0.15, 0.2) is 66.7 Å². The molecular formula is C26H23Cl2NO4. The molecule has 170 valence electrons. The first kappa shape index (κ1) is 23.1. The van der Waals surface area contributed by atoms with Crippen LogP contribution in [0.2, 0.25) is 10.0 Å². The highest BCUT2D eigenvalue weighted by Crippen LogP contribution is 2.38. The van der Waals surface area contributed by atoms with Crippen LogP contribution in [-0.4, -0.2) is 34.0 Å². The molecule has 5 nitrogen and oxygen atoms in total. The summed E-state index contributed by atoms with van der Waals surface area (Å²) in [6.45, 7) is 1.80. The van der Waals surface area contributed by atoms with Crippen LogP contribution in [0.3, 0.4) is 0 Å². The SMILES string of the molecule is CC1(Cc2cccc(Cl)c2)Cc2cc(C(=O)N(CC(=O)O)Cc3ccc(Cl)cc3)ccc2O1. The zero-order valence-corrected chi connectivity index (χ0v) is 19.6. The molecular weight excluding hydrogens is 461 g/mol. The lowest BCUT2D eigenvalue weighted by atomic mass is 9.91. The summed E-state index contributed by atoms with van der Waals surface area (Å²) in [5, 5.41) is 10.6. The summed E-state index contributed by atoms with van der Waals surface area (Å²) in [5.41, 5.74) is 2.77. The minimum absolute atomic E-state index is 0.169. The van der Waals surface area contributed by atoms with Crippen LogP contribution in [0.25, 0.3) is 0 Å². The van der Waals surface area contributed by atoms with Gasteiger partial charge in [-0.15, -0.1) is 0 Å². The maximum Gasteiger partial charge on any atom is 0.323 e. The molecule has 0 spiro atoms. The number of nitrogens with zero attached hydrogens (tertiary/aromatic N) is 1. The molecule has 0 aromatic heterocycles. The molecule has 0 aliphatic carbocycles. The van der Waals surface area contributed by atoms with Gasteiger partial charge in [0, 0.05) is 35.0 Å². The molecule has 1 amide bonds. The minimum atomic E-state index is -1.07. The minimum Gasteiger partial charge on any atom is -0.487 e. The number of carboxylic acid groups (broad SMARTS) is 1. The Labute approximate surface area is 202 Å². The molecule has 0 fully saturated rings. The van der Waals surface area contributed by atoms with Gasteiger partial charge < -0.3 is 14.7 Å². The van der Waals surface area contributed by atoms with Crippen molar-refractivity contribution in [3.63, 3.8) is 0 Å². The fourth-order valence-electron chi connectivity index (χ4n) is 4.19. The Morgan fingerprint density at radius 1 is 1.00 bits per heavy atom. The number of aliphatic carboxylic acids is 1. The van der Waals surface area contributed by atoms with Crippen LogP contribution < -0.4 is 4.74 Å². The van der Waals surface area contributed by atoms with Crippen molar-refractivity contribution in [3.05, 3.63) is 99.0 Å². The maximum absolute atomic E-state index is 13.2. The maximum atomic E-state index is 13.2. The highest BCUT2D eigenvalue weighted by molar-refractivity contribution is 6.30.